The molecule has 1 unspecified atom stereocenters. The summed E-state index contributed by atoms with van der Waals surface area (Å²) >= 11 is 15.7. The molecule has 1 N–H and O–H groups in total. The van der Waals surface area contributed by atoms with Crippen molar-refractivity contribution in [2.75, 3.05) is 17.1 Å². The van der Waals surface area contributed by atoms with Crippen LogP contribution in [0.15, 0.2) is 40.9 Å². The first kappa shape index (κ1) is 29.7. The van der Waals surface area contributed by atoms with Crippen LogP contribution in [0.3, 0.4) is 0 Å². The summed E-state index contributed by atoms with van der Waals surface area (Å²) in [4.78, 5) is 28.3. The van der Waals surface area contributed by atoms with Crippen LogP contribution in [0.4, 0.5) is 5.69 Å². The number of nitrogens with zero attached hydrogens (tertiary/aromatic N) is 2. The number of sulfonamides is 1. The fourth-order valence-electron chi connectivity index (χ4n) is 4.38. The zero-order valence-corrected chi connectivity index (χ0v) is 25.1. The third-order valence-corrected chi connectivity index (χ3v) is 9.33. The van der Waals surface area contributed by atoms with Gasteiger partial charge in [-0.25, -0.2) is 8.42 Å². The van der Waals surface area contributed by atoms with Crippen LogP contribution in [-0.2, 0) is 26.2 Å². The van der Waals surface area contributed by atoms with Crippen LogP contribution in [0, 0.1) is 6.92 Å². The second-order valence-electron chi connectivity index (χ2n) is 9.49. The predicted molar refractivity (Wildman–Crippen MR) is 153 cm³/mol. The molecule has 1 aliphatic rings. The van der Waals surface area contributed by atoms with E-state index in [0.29, 0.717) is 21.3 Å². The van der Waals surface area contributed by atoms with Crippen molar-refractivity contribution in [2.45, 2.75) is 64.6 Å². The summed E-state index contributed by atoms with van der Waals surface area (Å²) in [5.41, 5.74) is 1.86. The first-order valence-electron chi connectivity index (χ1n) is 12.1. The van der Waals surface area contributed by atoms with Crippen LogP contribution in [0.1, 0.15) is 50.2 Å². The Labute approximate surface area is 237 Å². The molecule has 0 radical (unpaired) electrons. The van der Waals surface area contributed by atoms with E-state index in [-0.39, 0.29) is 18.5 Å². The van der Waals surface area contributed by atoms with Gasteiger partial charge in [0.25, 0.3) is 0 Å². The van der Waals surface area contributed by atoms with Crippen molar-refractivity contribution >= 4 is 66.7 Å². The average Bonchev–Trinajstić information content (AvgIpc) is 2.84. The highest BCUT2D eigenvalue weighted by molar-refractivity contribution is 9.10. The zero-order valence-electron chi connectivity index (χ0n) is 21.1. The lowest BCUT2D eigenvalue weighted by atomic mass is 9.95. The van der Waals surface area contributed by atoms with Gasteiger partial charge in [0.15, 0.2) is 0 Å². The van der Waals surface area contributed by atoms with E-state index in [1.165, 1.54) is 4.90 Å². The number of amides is 2. The molecule has 0 aromatic heterocycles. The minimum absolute atomic E-state index is 0.0615. The topological polar surface area (TPSA) is 86.8 Å². The highest BCUT2D eigenvalue weighted by Crippen LogP contribution is 2.27. The maximum absolute atomic E-state index is 13.7. The lowest BCUT2D eigenvalue weighted by molar-refractivity contribution is -0.139. The maximum Gasteiger partial charge on any atom is 0.244 e. The predicted octanol–water partition coefficient (Wildman–Crippen LogP) is 5.70. The zero-order chi connectivity index (χ0) is 27.3. The molecule has 0 saturated heterocycles. The van der Waals surface area contributed by atoms with Gasteiger partial charge >= 0.3 is 0 Å². The quantitative estimate of drug-likeness (QED) is 0.384. The van der Waals surface area contributed by atoms with Gasteiger partial charge in [-0.15, -0.1) is 0 Å². The van der Waals surface area contributed by atoms with Crippen LogP contribution in [0.25, 0.3) is 0 Å². The highest BCUT2D eigenvalue weighted by Gasteiger charge is 2.31. The van der Waals surface area contributed by atoms with Crippen molar-refractivity contribution < 1.29 is 18.0 Å². The third kappa shape index (κ3) is 8.09. The van der Waals surface area contributed by atoms with Crippen molar-refractivity contribution in [2.24, 2.45) is 0 Å². The van der Waals surface area contributed by atoms with Crippen LogP contribution < -0.4 is 9.62 Å². The van der Waals surface area contributed by atoms with E-state index >= 15 is 0 Å². The van der Waals surface area contributed by atoms with Crippen molar-refractivity contribution in [1.29, 1.82) is 0 Å². The Balaban J connectivity index is 1.90. The fourth-order valence-corrected chi connectivity index (χ4v) is 5.79. The standard InChI is InChI=1S/C26H32BrCl2N3O4S/c1-17-13-21(10-11-22(17)27)32(37(3,35)36)16-25(33)31(15-19-9-12-23(28)24(29)14-19)18(2)26(34)30-20-7-5-4-6-8-20/h9-14,18,20H,4-8,15-16H2,1-3H3,(H,30,34). The molecule has 0 heterocycles. The van der Waals surface area contributed by atoms with Gasteiger partial charge < -0.3 is 10.2 Å². The van der Waals surface area contributed by atoms with Gasteiger partial charge in [0.2, 0.25) is 21.8 Å². The van der Waals surface area contributed by atoms with Crippen molar-refractivity contribution in [1.82, 2.24) is 10.2 Å². The van der Waals surface area contributed by atoms with Crippen LogP contribution in [-0.4, -0.2) is 50.0 Å². The molecular formula is C26H32BrCl2N3O4S. The second-order valence-corrected chi connectivity index (χ2v) is 13.1. The maximum atomic E-state index is 13.7. The monoisotopic (exact) mass is 631 g/mol. The molecule has 0 aliphatic heterocycles. The molecule has 1 fully saturated rings. The van der Waals surface area contributed by atoms with Crippen molar-refractivity contribution in [3.63, 3.8) is 0 Å². The summed E-state index contributed by atoms with van der Waals surface area (Å²) in [7, 11) is -3.80. The summed E-state index contributed by atoms with van der Waals surface area (Å²) in [5.74, 6) is -0.783. The van der Waals surface area contributed by atoms with E-state index in [4.69, 9.17) is 23.2 Å². The van der Waals surface area contributed by atoms with Gasteiger partial charge in [-0.05, 0) is 68.1 Å². The van der Waals surface area contributed by atoms with Gasteiger partial charge in [-0.2, -0.15) is 0 Å². The number of rotatable bonds is 9. The number of benzene rings is 2. The SMILES string of the molecule is Cc1cc(N(CC(=O)N(Cc2ccc(Cl)c(Cl)c2)C(C)C(=O)NC2CCCCC2)S(C)(=O)=O)ccc1Br. The summed E-state index contributed by atoms with van der Waals surface area (Å²) in [6, 6.07) is 9.30. The molecule has 2 amide bonds. The number of nitrogens with one attached hydrogen (secondary N) is 1. The Morgan fingerprint density at radius 1 is 1.08 bits per heavy atom. The summed E-state index contributed by atoms with van der Waals surface area (Å²) in [6.07, 6.45) is 6.14. The molecular weight excluding hydrogens is 601 g/mol. The van der Waals surface area contributed by atoms with Gasteiger partial charge in [-0.1, -0.05) is 64.5 Å². The molecule has 11 heteroatoms. The summed E-state index contributed by atoms with van der Waals surface area (Å²) < 4.78 is 27.3. The normalized spacial score (nSPS) is 15.2. The number of hydrogen-bond donors (Lipinski definition) is 1. The molecule has 1 saturated carbocycles. The number of halogens is 3. The Morgan fingerprint density at radius 2 is 1.76 bits per heavy atom. The van der Waals surface area contributed by atoms with Crippen LogP contribution >= 0.6 is 39.1 Å². The molecule has 37 heavy (non-hydrogen) atoms. The minimum Gasteiger partial charge on any atom is -0.352 e. The molecule has 3 rings (SSSR count). The average molecular weight is 633 g/mol. The third-order valence-electron chi connectivity index (χ3n) is 6.56. The lowest BCUT2D eigenvalue weighted by Gasteiger charge is -2.33. The van der Waals surface area contributed by atoms with Crippen LogP contribution in [0.2, 0.25) is 10.0 Å². The molecule has 7 nitrogen and oxygen atoms in total. The van der Waals surface area contributed by atoms with Gasteiger partial charge in [0.05, 0.1) is 22.0 Å². The Hall–Kier alpha value is -1.81. The van der Waals surface area contributed by atoms with Gasteiger partial charge in [0, 0.05) is 17.1 Å². The van der Waals surface area contributed by atoms with Crippen molar-refractivity contribution in [3.8, 4) is 0 Å². The van der Waals surface area contributed by atoms with Crippen molar-refractivity contribution in [3.05, 3.63) is 62.0 Å². The number of anilines is 1. The molecule has 202 valence electrons. The molecule has 0 spiro atoms. The minimum atomic E-state index is -3.80. The van der Waals surface area contributed by atoms with Crippen LogP contribution in [0.5, 0.6) is 0 Å². The first-order chi connectivity index (χ1) is 17.4. The van der Waals surface area contributed by atoms with Gasteiger partial charge in [0.1, 0.15) is 12.6 Å². The van der Waals surface area contributed by atoms with E-state index in [9.17, 15) is 18.0 Å². The summed E-state index contributed by atoms with van der Waals surface area (Å²) in [6.45, 7) is 3.10. The second kappa shape index (κ2) is 12.8. The smallest absolute Gasteiger partial charge is 0.244 e. The molecule has 1 atom stereocenters. The Bertz CT molecular complexity index is 1250. The van der Waals surface area contributed by atoms with E-state index in [0.717, 1.165) is 52.7 Å². The van der Waals surface area contributed by atoms with E-state index < -0.39 is 28.5 Å². The number of aryl methyl sites for hydroxylation is 1. The Kier molecular flexibility index (Phi) is 10.3. The Morgan fingerprint density at radius 3 is 2.35 bits per heavy atom. The fraction of sp³-hybridized carbons (Fsp3) is 0.462. The molecule has 2 aromatic carbocycles. The highest BCUT2D eigenvalue weighted by atomic mass is 79.9. The lowest BCUT2D eigenvalue weighted by Crippen LogP contribution is -2.53. The molecule has 1 aliphatic carbocycles. The summed E-state index contributed by atoms with van der Waals surface area (Å²) in [5, 5.41) is 3.78. The number of carbonyl (C=O) groups excluding carboxylic acids is 2. The largest absolute Gasteiger partial charge is 0.352 e. The molecule has 2 aromatic rings. The number of hydrogen-bond acceptors (Lipinski definition) is 4. The van der Waals surface area contributed by atoms with E-state index in [1.807, 2.05) is 6.92 Å². The number of carbonyl (C=O) groups is 2. The first-order valence-corrected chi connectivity index (χ1v) is 15.5. The van der Waals surface area contributed by atoms with E-state index in [2.05, 4.69) is 21.2 Å². The van der Waals surface area contributed by atoms with E-state index in [1.54, 1.807) is 43.3 Å². The molecule has 0 bridgehead atoms. The van der Waals surface area contributed by atoms with Gasteiger partial charge in [-0.3, -0.25) is 13.9 Å².